The fraction of sp³-hybridized carbons (Fsp3) is 0.438. The van der Waals surface area contributed by atoms with Gasteiger partial charge in [0.2, 0.25) is 0 Å². The number of nitro benzene ring substituents is 1. The number of amides is 1. The van der Waals surface area contributed by atoms with Crippen LogP contribution in [0.3, 0.4) is 0 Å². The number of anilines is 1. The minimum Gasteiger partial charge on any atom is -0.444 e. The molecule has 1 amide bonds. The molecule has 0 saturated heterocycles. The van der Waals surface area contributed by atoms with Crippen molar-refractivity contribution in [3.63, 3.8) is 0 Å². The molecule has 124 valence electrons. The second-order valence-electron chi connectivity index (χ2n) is 6.30. The molecule has 0 atom stereocenters. The number of rotatable bonds is 3. The van der Waals surface area contributed by atoms with E-state index in [0.717, 1.165) is 5.70 Å². The average Bonchev–Trinajstić information content (AvgIpc) is 2.46. The molecule has 0 bridgehead atoms. The van der Waals surface area contributed by atoms with Crippen LogP contribution in [0, 0.1) is 10.1 Å². The van der Waals surface area contributed by atoms with Crippen LogP contribution in [-0.2, 0) is 4.74 Å². The fourth-order valence-electron chi connectivity index (χ4n) is 2.19. The van der Waals surface area contributed by atoms with Crippen LogP contribution in [0.4, 0.5) is 16.2 Å². The van der Waals surface area contributed by atoms with Gasteiger partial charge in [-0.05, 0) is 32.9 Å². The van der Waals surface area contributed by atoms with Crippen molar-refractivity contribution in [2.75, 3.05) is 18.4 Å². The molecule has 1 heterocycles. The largest absolute Gasteiger partial charge is 0.444 e. The number of nitro groups is 1. The SMILES string of the molecule is CC(C)(C)OC(=O)N1CC=C(Nc2ccccc2[N+](=O)[O-])CC1. The number of para-hydroxylation sites is 2. The Morgan fingerprint density at radius 3 is 2.61 bits per heavy atom. The number of ether oxygens (including phenoxy) is 1. The van der Waals surface area contributed by atoms with Crippen molar-refractivity contribution < 1.29 is 14.5 Å². The minimum atomic E-state index is -0.524. The molecule has 0 spiro atoms. The molecular formula is C16H21N3O4. The lowest BCUT2D eigenvalue weighted by Crippen LogP contribution is -2.39. The molecule has 0 fully saturated rings. The van der Waals surface area contributed by atoms with Crippen LogP contribution in [0.1, 0.15) is 27.2 Å². The van der Waals surface area contributed by atoms with Crippen LogP contribution in [0.2, 0.25) is 0 Å². The van der Waals surface area contributed by atoms with Gasteiger partial charge in [0.05, 0.1) is 4.92 Å². The first-order valence-corrected chi connectivity index (χ1v) is 7.44. The van der Waals surface area contributed by atoms with Crippen molar-refractivity contribution in [3.05, 3.63) is 46.2 Å². The second kappa shape index (κ2) is 6.68. The maximum absolute atomic E-state index is 12.0. The molecule has 0 radical (unpaired) electrons. The molecule has 0 aliphatic carbocycles. The molecule has 0 saturated carbocycles. The number of nitrogens with zero attached hydrogens (tertiary/aromatic N) is 2. The number of carbonyl (C=O) groups is 1. The highest BCUT2D eigenvalue weighted by atomic mass is 16.6. The predicted molar refractivity (Wildman–Crippen MR) is 87.2 cm³/mol. The second-order valence-corrected chi connectivity index (χ2v) is 6.30. The van der Waals surface area contributed by atoms with Gasteiger partial charge < -0.3 is 15.0 Å². The van der Waals surface area contributed by atoms with E-state index in [1.807, 2.05) is 26.8 Å². The van der Waals surface area contributed by atoms with Gasteiger partial charge in [-0.25, -0.2) is 4.79 Å². The average molecular weight is 319 g/mol. The number of carbonyl (C=O) groups excluding carboxylic acids is 1. The topological polar surface area (TPSA) is 84.7 Å². The molecule has 1 aliphatic rings. The molecule has 1 N–H and O–H groups in total. The number of hydrogen-bond donors (Lipinski definition) is 1. The zero-order valence-corrected chi connectivity index (χ0v) is 13.5. The van der Waals surface area contributed by atoms with E-state index >= 15 is 0 Å². The van der Waals surface area contributed by atoms with Gasteiger partial charge in [0, 0.05) is 31.3 Å². The summed E-state index contributed by atoms with van der Waals surface area (Å²) in [6.07, 6.45) is 2.09. The lowest BCUT2D eigenvalue weighted by molar-refractivity contribution is -0.383. The summed E-state index contributed by atoms with van der Waals surface area (Å²) >= 11 is 0. The van der Waals surface area contributed by atoms with Crippen LogP contribution in [0.25, 0.3) is 0 Å². The van der Waals surface area contributed by atoms with E-state index in [1.54, 1.807) is 23.1 Å². The lowest BCUT2D eigenvalue weighted by atomic mass is 10.2. The van der Waals surface area contributed by atoms with Gasteiger partial charge in [0.1, 0.15) is 11.3 Å². The van der Waals surface area contributed by atoms with Gasteiger partial charge >= 0.3 is 6.09 Å². The van der Waals surface area contributed by atoms with Crippen molar-refractivity contribution in [1.82, 2.24) is 4.90 Å². The van der Waals surface area contributed by atoms with Crippen molar-refractivity contribution in [3.8, 4) is 0 Å². The molecule has 7 heteroatoms. The zero-order valence-electron chi connectivity index (χ0n) is 13.5. The maximum atomic E-state index is 12.0. The van der Waals surface area contributed by atoms with Crippen LogP contribution in [-0.4, -0.2) is 34.6 Å². The number of nitrogens with one attached hydrogen (secondary N) is 1. The van der Waals surface area contributed by atoms with Crippen LogP contribution >= 0.6 is 0 Å². The van der Waals surface area contributed by atoms with E-state index in [9.17, 15) is 14.9 Å². The Balaban J connectivity index is 2.00. The molecule has 1 aromatic rings. The van der Waals surface area contributed by atoms with E-state index < -0.39 is 10.5 Å². The third-order valence-electron chi connectivity index (χ3n) is 3.26. The summed E-state index contributed by atoms with van der Waals surface area (Å²) in [5, 5.41) is 14.1. The first kappa shape index (κ1) is 16.8. The molecule has 23 heavy (non-hydrogen) atoms. The first-order valence-electron chi connectivity index (χ1n) is 7.44. The van der Waals surface area contributed by atoms with Crippen molar-refractivity contribution >= 4 is 17.5 Å². The highest BCUT2D eigenvalue weighted by Crippen LogP contribution is 2.26. The minimum absolute atomic E-state index is 0.0305. The highest BCUT2D eigenvalue weighted by molar-refractivity contribution is 5.69. The summed E-state index contributed by atoms with van der Waals surface area (Å²) in [5.74, 6) is 0. The van der Waals surface area contributed by atoms with E-state index in [2.05, 4.69) is 5.32 Å². The summed E-state index contributed by atoms with van der Waals surface area (Å²) in [7, 11) is 0. The van der Waals surface area contributed by atoms with Crippen LogP contribution < -0.4 is 5.32 Å². The standard InChI is InChI=1S/C16H21N3O4/c1-16(2,3)23-15(20)18-10-8-12(9-11-18)17-13-6-4-5-7-14(13)19(21)22/h4-8,17H,9-11H2,1-3H3. The monoisotopic (exact) mass is 319 g/mol. The van der Waals surface area contributed by atoms with Crippen LogP contribution in [0.5, 0.6) is 0 Å². The molecule has 7 nitrogen and oxygen atoms in total. The molecule has 1 aliphatic heterocycles. The highest BCUT2D eigenvalue weighted by Gasteiger charge is 2.24. The Morgan fingerprint density at radius 1 is 1.35 bits per heavy atom. The van der Waals surface area contributed by atoms with Crippen LogP contribution in [0.15, 0.2) is 36.0 Å². The van der Waals surface area contributed by atoms with E-state index in [4.69, 9.17) is 4.74 Å². The lowest BCUT2D eigenvalue weighted by Gasteiger charge is -2.29. The van der Waals surface area contributed by atoms with Gasteiger partial charge in [-0.2, -0.15) is 0 Å². The summed E-state index contributed by atoms with van der Waals surface area (Å²) < 4.78 is 5.33. The van der Waals surface area contributed by atoms with Gasteiger partial charge in [-0.1, -0.05) is 12.1 Å². The summed E-state index contributed by atoms with van der Waals surface area (Å²) in [6, 6.07) is 6.49. The Morgan fingerprint density at radius 2 is 2.04 bits per heavy atom. The van der Waals surface area contributed by atoms with E-state index in [0.29, 0.717) is 25.2 Å². The third kappa shape index (κ3) is 4.70. The number of benzene rings is 1. The van der Waals surface area contributed by atoms with Gasteiger partial charge in [0.15, 0.2) is 0 Å². The van der Waals surface area contributed by atoms with Gasteiger partial charge in [-0.3, -0.25) is 10.1 Å². The Labute approximate surface area is 135 Å². The normalized spacial score (nSPS) is 14.9. The van der Waals surface area contributed by atoms with Crippen molar-refractivity contribution in [2.24, 2.45) is 0 Å². The summed E-state index contributed by atoms with van der Waals surface area (Å²) in [6.45, 7) is 6.40. The van der Waals surface area contributed by atoms with Crippen molar-refractivity contribution in [1.29, 1.82) is 0 Å². The molecule has 1 aromatic carbocycles. The smallest absolute Gasteiger partial charge is 0.410 e. The Hall–Kier alpha value is -2.57. The molecular weight excluding hydrogens is 298 g/mol. The molecule has 0 unspecified atom stereocenters. The Kier molecular flexibility index (Phi) is 4.88. The quantitative estimate of drug-likeness (QED) is 0.680. The number of hydrogen-bond acceptors (Lipinski definition) is 5. The first-order chi connectivity index (χ1) is 10.8. The van der Waals surface area contributed by atoms with Gasteiger partial charge in [-0.15, -0.1) is 0 Å². The molecule has 0 aromatic heterocycles. The van der Waals surface area contributed by atoms with E-state index in [-0.39, 0.29) is 11.8 Å². The van der Waals surface area contributed by atoms with E-state index in [1.165, 1.54) is 6.07 Å². The predicted octanol–water partition coefficient (Wildman–Crippen LogP) is 3.53. The van der Waals surface area contributed by atoms with Crippen molar-refractivity contribution in [2.45, 2.75) is 32.8 Å². The summed E-state index contributed by atoms with van der Waals surface area (Å²) in [4.78, 5) is 24.2. The fourth-order valence-corrected chi connectivity index (χ4v) is 2.19. The van der Waals surface area contributed by atoms with Gasteiger partial charge in [0.25, 0.3) is 5.69 Å². The summed E-state index contributed by atoms with van der Waals surface area (Å²) in [5.41, 5.74) is 0.820. The Bertz CT molecular complexity index is 634. The third-order valence-corrected chi connectivity index (χ3v) is 3.26. The maximum Gasteiger partial charge on any atom is 0.410 e. The zero-order chi connectivity index (χ0) is 17.0. The molecule has 2 rings (SSSR count).